The third-order valence-corrected chi connectivity index (χ3v) is 7.32. The highest BCUT2D eigenvalue weighted by Crippen LogP contribution is 2.23. The number of thioether (sulfide) groups is 2. The van der Waals surface area contributed by atoms with E-state index in [0.29, 0.717) is 29.9 Å². The average Bonchev–Trinajstić information content (AvgIpc) is 2.93. The van der Waals surface area contributed by atoms with E-state index in [1.165, 1.54) is 0 Å². The summed E-state index contributed by atoms with van der Waals surface area (Å²) in [5.74, 6) is 3.24. The van der Waals surface area contributed by atoms with Crippen LogP contribution in [0.4, 0.5) is 0 Å². The fourth-order valence-electron chi connectivity index (χ4n) is 1.90. The minimum atomic E-state index is -3.53. The van der Waals surface area contributed by atoms with Crippen LogP contribution in [0.15, 0.2) is 11.2 Å². The Bertz CT molecular complexity index is 538. The van der Waals surface area contributed by atoms with Gasteiger partial charge in [-0.1, -0.05) is 13.8 Å². The Morgan fingerprint density at radius 1 is 1.48 bits per heavy atom. The average molecular weight is 351 g/mol. The fraction of sp³-hybridized carbons (Fsp3) is 0.750. The van der Waals surface area contributed by atoms with Crippen LogP contribution in [-0.2, 0) is 16.6 Å². The summed E-state index contributed by atoms with van der Waals surface area (Å²) in [6.07, 6.45) is 1.56. The van der Waals surface area contributed by atoms with Crippen molar-refractivity contribution < 1.29 is 8.42 Å². The van der Waals surface area contributed by atoms with Gasteiger partial charge in [0.2, 0.25) is 0 Å². The van der Waals surface area contributed by atoms with E-state index in [9.17, 15) is 8.42 Å². The fourth-order valence-corrected chi connectivity index (χ4v) is 5.83. The molecule has 3 N–H and O–H groups in total. The van der Waals surface area contributed by atoms with E-state index in [-0.39, 0.29) is 5.03 Å². The molecule has 0 bridgehead atoms. The van der Waals surface area contributed by atoms with Gasteiger partial charge in [-0.3, -0.25) is 5.10 Å². The van der Waals surface area contributed by atoms with Gasteiger partial charge in [0.05, 0.1) is 6.20 Å². The molecule has 120 valence electrons. The molecule has 1 fully saturated rings. The molecule has 21 heavy (non-hydrogen) atoms. The smallest absolute Gasteiger partial charge is 0.257 e. The molecule has 6 nitrogen and oxygen atoms in total. The Labute approximate surface area is 134 Å². The van der Waals surface area contributed by atoms with Gasteiger partial charge in [-0.15, -0.1) is 0 Å². The molecule has 0 spiro atoms. The van der Waals surface area contributed by atoms with Crippen LogP contribution in [0.2, 0.25) is 0 Å². The molecule has 2 rings (SSSR count). The first-order chi connectivity index (χ1) is 9.99. The maximum absolute atomic E-state index is 12.4. The lowest BCUT2D eigenvalue weighted by Gasteiger charge is -2.21. The molecule has 0 saturated carbocycles. The summed E-state index contributed by atoms with van der Waals surface area (Å²) < 4.78 is 27.4. The van der Waals surface area contributed by atoms with Crippen molar-refractivity contribution in [1.82, 2.24) is 20.2 Å². The highest BCUT2D eigenvalue weighted by Gasteiger charge is 2.23. The van der Waals surface area contributed by atoms with Crippen molar-refractivity contribution in [3.05, 3.63) is 11.8 Å². The molecular weight excluding hydrogens is 328 g/mol. The first-order valence-corrected chi connectivity index (χ1v) is 10.6. The van der Waals surface area contributed by atoms with E-state index >= 15 is 0 Å². The molecule has 0 amide bonds. The van der Waals surface area contributed by atoms with Crippen molar-refractivity contribution in [3.63, 3.8) is 0 Å². The van der Waals surface area contributed by atoms with Gasteiger partial charge in [-0.05, 0) is 0 Å². The summed E-state index contributed by atoms with van der Waals surface area (Å²) in [5, 5.41) is 10.2. The Hall–Kier alpha value is -0.220. The summed E-state index contributed by atoms with van der Waals surface area (Å²) in [5.41, 5.74) is 0.668. The van der Waals surface area contributed by atoms with Crippen molar-refractivity contribution in [2.24, 2.45) is 0 Å². The number of hydrogen-bond acceptors (Lipinski definition) is 6. The van der Waals surface area contributed by atoms with Gasteiger partial charge < -0.3 is 5.32 Å². The standard InChI is InChI=1S/C12H22N4O2S3/c1-9(2)13-5-10-6-14-16-12(10)21(17,18)15-7-11-8-19-3-4-20-11/h6,9,11,13,15H,3-5,7-8H2,1-2H3,(H,14,16). The quantitative estimate of drug-likeness (QED) is 0.681. The SMILES string of the molecule is CC(C)NCc1cn[nH]c1S(=O)(=O)NCC1CSCCS1. The number of H-pyrrole nitrogens is 1. The van der Waals surface area contributed by atoms with E-state index in [2.05, 4.69) is 20.2 Å². The summed E-state index contributed by atoms with van der Waals surface area (Å²) in [7, 11) is -3.53. The second-order valence-corrected chi connectivity index (χ2v) is 9.44. The van der Waals surface area contributed by atoms with Crippen molar-refractivity contribution >= 4 is 33.5 Å². The summed E-state index contributed by atoms with van der Waals surface area (Å²) in [6, 6.07) is 0.291. The van der Waals surface area contributed by atoms with E-state index in [1.807, 2.05) is 37.4 Å². The lowest BCUT2D eigenvalue weighted by Crippen LogP contribution is -2.34. The molecule has 0 aromatic carbocycles. The van der Waals surface area contributed by atoms with Gasteiger partial charge in [0, 0.05) is 47.2 Å². The summed E-state index contributed by atoms with van der Waals surface area (Å²) in [6.45, 7) is 4.99. The summed E-state index contributed by atoms with van der Waals surface area (Å²) in [4.78, 5) is 0. The number of hydrogen-bond donors (Lipinski definition) is 3. The molecule has 1 saturated heterocycles. The molecule has 0 radical (unpaired) electrons. The molecule has 9 heteroatoms. The summed E-state index contributed by atoms with van der Waals surface area (Å²) >= 11 is 3.71. The molecule has 1 aromatic heterocycles. The van der Waals surface area contributed by atoms with Crippen LogP contribution in [0.5, 0.6) is 0 Å². The van der Waals surface area contributed by atoms with Gasteiger partial charge >= 0.3 is 0 Å². The first kappa shape index (κ1) is 17.1. The number of aromatic nitrogens is 2. The zero-order valence-electron chi connectivity index (χ0n) is 12.3. The highest BCUT2D eigenvalue weighted by atomic mass is 32.2. The zero-order chi connectivity index (χ0) is 15.3. The van der Waals surface area contributed by atoms with Crippen LogP contribution < -0.4 is 10.0 Å². The lowest BCUT2D eigenvalue weighted by atomic mass is 10.3. The monoisotopic (exact) mass is 350 g/mol. The topological polar surface area (TPSA) is 86.9 Å². The maximum atomic E-state index is 12.4. The van der Waals surface area contributed by atoms with Crippen LogP contribution in [0.25, 0.3) is 0 Å². The number of aromatic amines is 1. The van der Waals surface area contributed by atoms with Crippen LogP contribution in [-0.4, -0.2) is 53.7 Å². The molecule has 1 aromatic rings. The van der Waals surface area contributed by atoms with E-state index in [1.54, 1.807) is 6.20 Å². The Balaban J connectivity index is 1.96. The van der Waals surface area contributed by atoms with Gasteiger partial charge in [0.15, 0.2) is 5.03 Å². The van der Waals surface area contributed by atoms with Gasteiger partial charge in [0.25, 0.3) is 10.0 Å². The van der Waals surface area contributed by atoms with Crippen LogP contribution in [0.3, 0.4) is 0 Å². The largest absolute Gasteiger partial charge is 0.310 e. The van der Waals surface area contributed by atoms with Crippen molar-refractivity contribution in [1.29, 1.82) is 0 Å². The third kappa shape index (κ3) is 5.17. The number of sulfonamides is 1. The van der Waals surface area contributed by atoms with Gasteiger partial charge in [-0.2, -0.15) is 28.6 Å². The van der Waals surface area contributed by atoms with Crippen LogP contribution >= 0.6 is 23.5 Å². The highest BCUT2D eigenvalue weighted by molar-refractivity contribution is 8.06. The van der Waals surface area contributed by atoms with Crippen molar-refractivity contribution in [2.75, 3.05) is 23.8 Å². The third-order valence-electron chi connectivity index (χ3n) is 3.03. The van der Waals surface area contributed by atoms with Crippen molar-refractivity contribution in [2.45, 2.75) is 36.7 Å². The number of nitrogens with zero attached hydrogens (tertiary/aromatic N) is 1. The number of nitrogens with one attached hydrogen (secondary N) is 3. The molecular formula is C12H22N4O2S3. The molecule has 1 aliphatic heterocycles. The zero-order valence-corrected chi connectivity index (χ0v) is 14.7. The molecule has 1 unspecified atom stereocenters. The van der Waals surface area contributed by atoms with Crippen LogP contribution in [0.1, 0.15) is 19.4 Å². The Kier molecular flexibility index (Phi) is 6.42. The molecule has 1 atom stereocenters. The van der Waals surface area contributed by atoms with Gasteiger partial charge in [0.1, 0.15) is 0 Å². The predicted molar refractivity (Wildman–Crippen MR) is 89.3 cm³/mol. The minimum absolute atomic E-state index is 0.170. The Morgan fingerprint density at radius 3 is 2.95 bits per heavy atom. The van der Waals surface area contributed by atoms with Crippen LogP contribution in [0, 0.1) is 0 Å². The second-order valence-electron chi connectivity index (χ2n) is 5.18. The van der Waals surface area contributed by atoms with E-state index < -0.39 is 10.0 Å². The van der Waals surface area contributed by atoms with E-state index in [0.717, 1.165) is 17.3 Å². The number of rotatable bonds is 7. The molecule has 1 aliphatic rings. The maximum Gasteiger partial charge on any atom is 0.257 e. The second kappa shape index (κ2) is 7.87. The molecule has 0 aliphatic carbocycles. The first-order valence-electron chi connectivity index (χ1n) is 6.93. The lowest BCUT2D eigenvalue weighted by molar-refractivity contribution is 0.564. The van der Waals surface area contributed by atoms with E-state index in [4.69, 9.17) is 0 Å². The van der Waals surface area contributed by atoms with Crippen molar-refractivity contribution in [3.8, 4) is 0 Å². The normalized spacial score (nSPS) is 20.0. The van der Waals surface area contributed by atoms with Gasteiger partial charge in [-0.25, -0.2) is 13.1 Å². The minimum Gasteiger partial charge on any atom is -0.310 e. The molecule has 2 heterocycles. The Morgan fingerprint density at radius 2 is 2.29 bits per heavy atom. The predicted octanol–water partition coefficient (Wildman–Crippen LogP) is 1.03.